The van der Waals surface area contributed by atoms with Crippen molar-refractivity contribution in [3.05, 3.63) is 29.3 Å². The average molecular weight is 190 g/mol. The summed E-state index contributed by atoms with van der Waals surface area (Å²) in [5.74, 6) is 0.673. The molecule has 1 atom stereocenters. The maximum absolute atomic E-state index is 3.22. The van der Waals surface area contributed by atoms with Crippen LogP contribution in [-0.4, -0.2) is 20.6 Å². The van der Waals surface area contributed by atoms with Gasteiger partial charge in [-0.25, -0.2) is 0 Å². The molecule has 2 heteroatoms. The Labute approximate surface area is 85.9 Å². The van der Waals surface area contributed by atoms with Crippen LogP contribution in [0.2, 0.25) is 0 Å². The normalized spacial score (nSPS) is 19.9. The van der Waals surface area contributed by atoms with Crippen molar-refractivity contribution in [1.29, 1.82) is 0 Å². The second-order valence-electron chi connectivity index (χ2n) is 4.17. The van der Waals surface area contributed by atoms with Crippen molar-refractivity contribution < 1.29 is 0 Å². The van der Waals surface area contributed by atoms with Crippen molar-refractivity contribution in [2.45, 2.75) is 19.4 Å². The van der Waals surface area contributed by atoms with E-state index in [1.54, 1.807) is 0 Å². The highest BCUT2D eigenvalue weighted by Crippen LogP contribution is 2.37. The first-order valence-electron chi connectivity index (χ1n) is 5.21. The fourth-order valence-corrected chi connectivity index (χ4v) is 2.41. The van der Waals surface area contributed by atoms with E-state index in [1.165, 1.54) is 16.8 Å². The molecule has 0 amide bonds. The first-order chi connectivity index (χ1) is 6.74. The van der Waals surface area contributed by atoms with Crippen LogP contribution in [0.1, 0.15) is 24.0 Å². The third-order valence-corrected chi connectivity index (χ3v) is 2.98. The Kier molecular flexibility index (Phi) is 2.46. The zero-order valence-corrected chi connectivity index (χ0v) is 9.17. The zero-order valence-electron chi connectivity index (χ0n) is 9.17. The zero-order chi connectivity index (χ0) is 10.1. The second-order valence-corrected chi connectivity index (χ2v) is 4.17. The number of anilines is 1. The largest absolute Gasteiger partial charge is 0.373 e. The summed E-state index contributed by atoms with van der Waals surface area (Å²) < 4.78 is 0. The van der Waals surface area contributed by atoms with Gasteiger partial charge in [-0.1, -0.05) is 25.1 Å². The highest BCUT2D eigenvalue weighted by Gasteiger charge is 2.24. The van der Waals surface area contributed by atoms with Gasteiger partial charge < -0.3 is 10.2 Å². The van der Waals surface area contributed by atoms with Crippen LogP contribution in [0, 0.1) is 0 Å². The number of benzene rings is 1. The quantitative estimate of drug-likeness (QED) is 0.767. The van der Waals surface area contributed by atoms with Gasteiger partial charge in [0.1, 0.15) is 0 Å². The maximum Gasteiger partial charge on any atom is 0.0445 e. The predicted octanol–water partition coefficient (Wildman–Crippen LogP) is 1.96. The summed E-state index contributed by atoms with van der Waals surface area (Å²) in [5, 5.41) is 3.22. The van der Waals surface area contributed by atoms with Crippen LogP contribution < -0.4 is 10.2 Å². The van der Waals surface area contributed by atoms with Crippen molar-refractivity contribution in [2.75, 3.05) is 25.5 Å². The van der Waals surface area contributed by atoms with Gasteiger partial charge in [-0.15, -0.1) is 0 Å². The fourth-order valence-electron chi connectivity index (χ4n) is 2.41. The van der Waals surface area contributed by atoms with Gasteiger partial charge in [0.15, 0.2) is 0 Å². The molecule has 1 aromatic carbocycles. The third-order valence-electron chi connectivity index (χ3n) is 2.98. The molecular formula is C12H18N2. The third kappa shape index (κ3) is 1.40. The average Bonchev–Trinajstić information content (AvgIpc) is 2.44. The molecule has 1 aliphatic heterocycles. The minimum atomic E-state index is 0.673. The topological polar surface area (TPSA) is 15.3 Å². The molecule has 0 spiro atoms. The number of rotatable bonds is 2. The van der Waals surface area contributed by atoms with Gasteiger partial charge in [-0.2, -0.15) is 0 Å². The Hall–Kier alpha value is -1.02. The highest BCUT2D eigenvalue weighted by molar-refractivity contribution is 5.64. The lowest BCUT2D eigenvalue weighted by Crippen LogP contribution is -2.17. The number of nitrogens with zero attached hydrogens (tertiary/aromatic N) is 1. The molecule has 0 aromatic heterocycles. The summed E-state index contributed by atoms with van der Waals surface area (Å²) in [7, 11) is 4.18. The molecular weight excluding hydrogens is 172 g/mol. The second kappa shape index (κ2) is 3.62. The van der Waals surface area contributed by atoms with Gasteiger partial charge in [-0.3, -0.25) is 0 Å². The molecule has 1 heterocycles. The van der Waals surface area contributed by atoms with E-state index in [-0.39, 0.29) is 0 Å². The summed E-state index contributed by atoms with van der Waals surface area (Å²) in [5.41, 5.74) is 4.35. The van der Waals surface area contributed by atoms with E-state index in [0.717, 1.165) is 13.1 Å². The van der Waals surface area contributed by atoms with Crippen LogP contribution >= 0.6 is 0 Å². The standard InChI is InChI=1S/C12H18N2/c1-9-8-14(3)12-10(7-13-2)5-4-6-11(9)12/h4-6,9,13H,7-8H2,1-3H3. The lowest BCUT2D eigenvalue weighted by Gasteiger charge is -2.16. The van der Waals surface area contributed by atoms with Gasteiger partial charge in [0.05, 0.1) is 0 Å². The Morgan fingerprint density at radius 2 is 2.29 bits per heavy atom. The van der Waals surface area contributed by atoms with Crippen molar-refractivity contribution in [3.63, 3.8) is 0 Å². The van der Waals surface area contributed by atoms with Gasteiger partial charge >= 0.3 is 0 Å². The smallest absolute Gasteiger partial charge is 0.0445 e. The molecule has 0 fully saturated rings. The van der Waals surface area contributed by atoms with Crippen molar-refractivity contribution in [1.82, 2.24) is 5.32 Å². The van der Waals surface area contributed by atoms with Crippen LogP contribution in [0.4, 0.5) is 5.69 Å². The molecule has 76 valence electrons. The molecule has 0 saturated heterocycles. The van der Waals surface area contributed by atoms with E-state index in [2.05, 4.69) is 42.4 Å². The number of likely N-dealkylation sites (N-methyl/N-ethyl adjacent to an activating group) is 1. The van der Waals surface area contributed by atoms with Crippen LogP contribution in [0.15, 0.2) is 18.2 Å². The van der Waals surface area contributed by atoms with E-state index in [9.17, 15) is 0 Å². The van der Waals surface area contributed by atoms with E-state index in [4.69, 9.17) is 0 Å². The molecule has 14 heavy (non-hydrogen) atoms. The summed E-state index contributed by atoms with van der Waals surface area (Å²) >= 11 is 0. The molecule has 0 aliphatic carbocycles. The maximum atomic E-state index is 3.22. The molecule has 0 saturated carbocycles. The summed E-state index contributed by atoms with van der Waals surface area (Å²) in [6.45, 7) is 4.40. The SMILES string of the molecule is CNCc1cccc2c1N(C)CC2C. The molecule has 1 aromatic rings. The summed E-state index contributed by atoms with van der Waals surface area (Å²) in [6, 6.07) is 6.63. The number of nitrogens with one attached hydrogen (secondary N) is 1. The molecule has 0 radical (unpaired) electrons. The monoisotopic (exact) mass is 190 g/mol. The van der Waals surface area contributed by atoms with Gasteiger partial charge in [0.2, 0.25) is 0 Å². The van der Waals surface area contributed by atoms with E-state index in [1.807, 2.05) is 7.05 Å². The predicted molar refractivity (Wildman–Crippen MR) is 60.9 cm³/mol. The number of hydrogen-bond acceptors (Lipinski definition) is 2. The first-order valence-corrected chi connectivity index (χ1v) is 5.21. The van der Waals surface area contributed by atoms with Crippen molar-refractivity contribution >= 4 is 5.69 Å². The molecule has 1 aliphatic rings. The lowest BCUT2D eigenvalue weighted by molar-refractivity contribution is 0.792. The van der Waals surface area contributed by atoms with Gasteiger partial charge in [0.25, 0.3) is 0 Å². The lowest BCUT2D eigenvalue weighted by atomic mass is 10.0. The minimum absolute atomic E-state index is 0.673. The van der Waals surface area contributed by atoms with E-state index in [0.29, 0.717) is 5.92 Å². The number of para-hydroxylation sites is 1. The molecule has 0 bridgehead atoms. The molecule has 2 rings (SSSR count). The molecule has 2 nitrogen and oxygen atoms in total. The summed E-state index contributed by atoms with van der Waals surface area (Å²) in [6.07, 6.45) is 0. The van der Waals surface area contributed by atoms with Crippen LogP contribution in [0.5, 0.6) is 0 Å². The van der Waals surface area contributed by atoms with Crippen LogP contribution in [0.25, 0.3) is 0 Å². The van der Waals surface area contributed by atoms with Crippen molar-refractivity contribution in [3.8, 4) is 0 Å². The van der Waals surface area contributed by atoms with Gasteiger partial charge in [0, 0.05) is 31.7 Å². The van der Waals surface area contributed by atoms with Crippen molar-refractivity contribution in [2.24, 2.45) is 0 Å². The first kappa shape index (κ1) is 9.53. The van der Waals surface area contributed by atoms with Crippen LogP contribution in [-0.2, 0) is 6.54 Å². The number of hydrogen-bond donors (Lipinski definition) is 1. The Balaban J connectivity index is 2.45. The number of fused-ring (bicyclic) bond motifs is 1. The van der Waals surface area contributed by atoms with Crippen LogP contribution in [0.3, 0.4) is 0 Å². The Bertz CT molecular complexity index is 333. The Morgan fingerprint density at radius 1 is 1.50 bits per heavy atom. The minimum Gasteiger partial charge on any atom is -0.373 e. The fraction of sp³-hybridized carbons (Fsp3) is 0.500. The summed E-state index contributed by atoms with van der Waals surface area (Å²) in [4.78, 5) is 2.37. The van der Waals surface area contributed by atoms with E-state index < -0.39 is 0 Å². The van der Waals surface area contributed by atoms with Gasteiger partial charge in [-0.05, 0) is 18.2 Å². The Morgan fingerprint density at radius 3 is 3.00 bits per heavy atom. The molecule has 1 unspecified atom stereocenters. The van der Waals surface area contributed by atoms with E-state index >= 15 is 0 Å². The molecule has 1 N–H and O–H groups in total. The highest BCUT2D eigenvalue weighted by atomic mass is 15.1.